The molecule has 0 aliphatic heterocycles. The number of para-hydroxylation sites is 2. The van der Waals surface area contributed by atoms with Gasteiger partial charge in [0.15, 0.2) is 0 Å². The molecule has 0 aliphatic carbocycles. The fourth-order valence-electron chi connectivity index (χ4n) is 3.06. The van der Waals surface area contributed by atoms with Crippen molar-refractivity contribution >= 4 is 27.8 Å². The zero-order chi connectivity index (χ0) is 19.3. The van der Waals surface area contributed by atoms with E-state index in [9.17, 15) is 4.79 Å². The Bertz CT molecular complexity index is 1190. The first kappa shape index (κ1) is 20.4. The summed E-state index contributed by atoms with van der Waals surface area (Å²) >= 11 is 0. The number of nitrogens with zero attached hydrogens (tertiary/aromatic N) is 3. The Labute approximate surface area is 181 Å². The molecule has 5 rings (SSSR count). The van der Waals surface area contributed by atoms with Gasteiger partial charge in [-0.1, -0.05) is 35.8 Å². The van der Waals surface area contributed by atoms with Crippen molar-refractivity contribution < 1.29 is 31.0 Å². The van der Waals surface area contributed by atoms with Crippen molar-refractivity contribution in [1.82, 2.24) is 14.5 Å². The second-order valence-corrected chi connectivity index (χ2v) is 5.99. The van der Waals surface area contributed by atoms with Crippen LogP contribution < -0.4 is 0 Å². The molecule has 29 heavy (non-hydrogen) atoms. The first-order chi connectivity index (χ1) is 13.8. The van der Waals surface area contributed by atoms with Crippen molar-refractivity contribution in [3.63, 3.8) is 0 Å². The number of carboxylic acids is 1. The van der Waals surface area contributed by atoms with Gasteiger partial charge in [-0.2, -0.15) is 24.3 Å². The number of aromatic carboxylic acids is 1. The van der Waals surface area contributed by atoms with Crippen LogP contribution in [0.15, 0.2) is 91.3 Å². The third kappa shape index (κ3) is 4.25. The van der Waals surface area contributed by atoms with E-state index in [1.54, 1.807) is 12.1 Å². The van der Waals surface area contributed by atoms with Crippen LogP contribution in [0.1, 0.15) is 10.5 Å². The molecular formula is C23H16N3O2Pt-. The van der Waals surface area contributed by atoms with Crippen LogP contribution in [0.2, 0.25) is 0 Å². The van der Waals surface area contributed by atoms with Crippen molar-refractivity contribution in [2.45, 2.75) is 0 Å². The summed E-state index contributed by atoms with van der Waals surface area (Å²) in [5.41, 5.74) is 2.32. The quantitative estimate of drug-likeness (QED) is 0.316. The van der Waals surface area contributed by atoms with E-state index < -0.39 is 5.97 Å². The number of pyridine rings is 2. The molecule has 0 atom stereocenters. The van der Waals surface area contributed by atoms with Crippen LogP contribution in [0.5, 0.6) is 0 Å². The molecule has 5 aromatic rings. The normalized spacial score (nSPS) is 10.1. The van der Waals surface area contributed by atoms with E-state index in [0.29, 0.717) is 0 Å². The molecule has 3 aromatic heterocycles. The van der Waals surface area contributed by atoms with Gasteiger partial charge in [0.25, 0.3) is 0 Å². The summed E-state index contributed by atoms with van der Waals surface area (Å²) in [5, 5.41) is 10.8. The van der Waals surface area contributed by atoms with E-state index in [2.05, 4.69) is 50.9 Å². The van der Waals surface area contributed by atoms with Crippen LogP contribution in [0.3, 0.4) is 0 Å². The molecule has 0 fully saturated rings. The number of rotatable bonds is 2. The number of aromatic nitrogens is 3. The molecule has 0 saturated carbocycles. The van der Waals surface area contributed by atoms with Gasteiger partial charge < -0.3 is 9.67 Å². The van der Waals surface area contributed by atoms with Gasteiger partial charge in [-0.25, -0.2) is 14.8 Å². The smallest absolute Gasteiger partial charge is 0.354 e. The molecule has 0 radical (unpaired) electrons. The average molecular weight is 561 g/mol. The largest absolute Gasteiger partial charge is 0.477 e. The molecule has 1 N–H and O–H groups in total. The minimum atomic E-state index is -0.990. The van der Waals surface area contributed by atoms with Crippen LogP contribution >= 0.6 is 0 Å². The number of carboxylic acid groups (broad SMARTS) is 1. The molecule has 6 heteroatoms. The number of hydrogen-bond donors (Lipinski definition) is 1. The molecule has 0 unspecified atom stereocenters. The SMILES string of the molecule is O=C(O)c1ccccn1.[Pt].[c-]1cccc2c3ccccc3n(-c3ccccn3)c12. The van der Waals surface area contributed by atoms with Crippen molar-refractivity contribution in [1.29, 1.82) is 0 Å². The molecule has 2 aromatic carbocycles. The van der Waals surface area contributed by atoms with Crippen LogP contribution in [-0.2, 0) is 21.1 Å². The fraction of sp³-hybridized carbons (Fsp3) is 0. The summed E-state index contributed by atoms with van der Waals surface area (Å²) in [6.45, 7) is 0. The summed E-state index contributed by atoms with van der Waals surface area (Å²) in [6, 6.07) is 28.5. The number of hydrogen-bond acceptors (Lipinski definition) is 3. The Morgan fingerprint density at radius 1 is 0.828 bits per heavy atom. The van der Waals surface area contributed by atoms with Crippen molar-refractivity contribution in [3.8, 4) is 5.82 Å². The number of benzene rings is 2. The average Bonchev–Trinajstić information content (AvgIpc) is 3.10. The first-order valence-corrected chi connectivity index (χ1v) is 8.71. The second-order valence-electron chi connectivity index (χ2n) is 5.99. The van der Waals surface area contributed by atoms with E-state index in [1.807, 2.05) is 36.5 Å². The molecule has 0 amide bonds. The van der Waals surface area contributed by atoms with Gasteiger partial charge >= 0.3 is 5.97 Å². The monoisotopic (exact) mass is 561 g/mol. The molecule has 0 aliphatic rings. The van der Waals surface area contributed by atoms with E-state index in [4.69, 9.17) is 5.11 Å². The molecule has 0 saturated heterocycles. The summed E-state index contributed by atoms with van der Waals surface area (Å²) < 4.78 is 2.16. The van der Waals surface area contributed by atoms with Gasteiger partial charge in [-0.3, -0.25) is 0 Å². The molecule has 0 spiro atoms. The predicted octanol–water partition coefficient (Wildman–Crippen LogP) is 4.76. The van der Waals surface area contributed by atoms with Crippen molar-refractivity contribution in [2.24, 2.45) is 0 Å². The Balaban J connectivity index is 0.000000205. The summed E-state index contributed by atoms with van der Waals surface area (Å²) in [7, 11) is 0. The number of carbonyl (C=O) groups is 1. The van der Waals surface area contributed by atoms with E-state index in [1.165, 1.54) is 28.6 Å². The van der Waals surface area contributed by atoms with Gasteiger partial charge in [-0.15, -0.1) is 5.39 Å². The maximum Gasteiger partial charge on any atom is 0.354 e. The minimum Gasteiger partial charge on any atom is -0.477 e. The van der Waals surface area contributed by atoms with Crippen LogP contribution in [0.25, 0.3) is 27.6 Å². The standard InChI is InChI=1S/C17H11N2.C6H5NO2.Pt/c1-3-9-15-13(7-1)14-8-2-4-10-16(14)19(15)17-11-5-6-12-18-17;8-6(9)5-3-1-2-4-7-5;/h1-9,11-12H;1-4H,(H,8,9);/q-1;;. The predicted molar refractivity (Wildman–Crippen MR) is 109 cm³/mol. The topological polar surface area (TPSA) is 68.0 Å². The molecule has 3 heterocycles. The molecule has 0 bridgehead atoms. The Morgan fingerprint density at radius 3 is 2.17 bits per heavy atom. The molecule has 146 valence electrons. The third-order valence-electron chi connectivity index (χ3n) is 4.26. The van der Waals surface area contributed by atoms with E-state index in [0.717, 1.165) is 11.3 Å². The summed E-state index contributed by atoms with van der Waals surface area (Å²) in [6.07, 6.45) is 3.27. The Morgan fingerprint density at radius 2 is 1.52 bits per heavy atom. The number of fused-ring (bicyclic) bond motifs is 3. The van der Waals surface area contributed by atoms with Crippen molar-refractivity contribution in [2.75, 3.05) is 0 Å². The van der Waals surface area contributed by atoms with Gasteiger partial charge in [0.05, 0.1) is 0 Å². The minimum absolute atomic E-state index is 0. The van der Waals surface area contributed by atoms with Gasteiger partial charge in [0.1, 0.15) is 11.5 Å². The maximum atomic E-state index is 10.1. The third-order valence-corrected chi connectivity index (χ3v) is 4.26. The zero-order valence-electron chi connectivity index (χ0n) is 15.2. The Kier molecular flexibility index (Phi) is 6.53. The summed E-state index contributed by atoms with van der Waals surface area (Å²) in [4.78, 5) is 18.2. The van der Waals surface area contributed by atoms with Crippen LogP contribution in [0.4, 0.5) is 0 Å². The van der Waals surface area contributed by atoms with Crippen molar-refractivity contribution in [3.05, 3.63) is 103 Å². The zero-order valence-corrected chi connectivity index (χ0v) is 17.4. The van der Waals surface area contributed by atoms with Gasteiger partial charge in [-0.05, 0) is 35.7 Å². The van der Waals surface area contributed by atoms with Gasteiger partial charge in [0.2, 0.25) is 0 Å². The molecule has 5 nitrogen and oxygen atoms in total. The van der Waals surface area contributed by atoms with Gasteiger partial charge in [0, 0.05) is 39.0 Å². The summed E-state index contributed by atoms with van der Waals surface area (Å²) in [5.74, 6) is -0.0632. The van der Waals surface area contributed by atoms with Crippen LogP contribution in [0, 0.1) is 6.07 Å². The first-order valence-electron chi connectivity index (χ1n) is 8.71. The second kappa shape index (κ2) is 9.26. The Hall–Kier alpha value is -3.30. The maximum absolute atomic E-state index is 10.1. The molecular weight excluding hydrogens is 545 g/mol. The fourth-order valence-corrected chi connectivity index (χ4v) is 3.06. The van der Waals surface area contributed by atoms with Crippen LogP contribution in [-0.4, -0.2) is 25.6 Å². The van der Waals surface area contributed by atoms with E-state index in [-0.39, 0.29) is 26.8 Å². The van der Waals surface area contributed by atoms with E-state index >= 15 is 0 Å².